The van der Waals surface area contributed by atoms with Crippen molar-refractivity contribution in [3.63, 3.8) is 0 Å². The van der Waals surface area contributed by atoms with E-state index in [9.17, 15) is 17.6 Å². The monoisotopic (exact) mass is 543 g/mol. The number of carbonyl (C=O) groups excluding carboxylic acids is 1. The average molecular weight is 544 g/mol. The first-order valence-corrected chi connectivity index (χ1v) is 14.4. The summed E-state index contributed by atoms with van der Waals surface area (Å²) in [5.41, 5.74) is 2.40. The van der Waals surface area contributed by atoms with Crippen molar-refractivity contribution in [1.82, 2.24) is 14.7 Å². The Kier molecular flexibility index (Phi) is 6.71. The van der Waals surface area contributed by atoms with Gasteiger partial charge in [0.25, 0.3) is 5.91 Å². The molecule has 3 aromatic rings. The lowest BCUT2D eigenvalue weighted by atomic mass is 10.1. The maximum absolute atomic E-state index is 14.7. The molecule has 0 spiro atoms. The van der Waals surface area contributed by atoms with Crippen molar-refractivity contribution in [3.8, 4) is 22.7 Å². The summed E-state index contributed by atoms with van der Waals surface area (Å²) in [6.07, 6.45) is 3.81. The third kappa shape index (κ3) is 4.82. The van der Waals surface area contributed by atoms with Crippen molar-refractivity contribution in [3.05, 3.63) is 71.0 Å². The molecule has 0 radical (unpaired) electrons. The normalized spacial score (nSPS) is 20.4. The van der Waals surface area contributed by atoms with Crippen molar-refractivity contribution in [2.24, 2.45) is 0 Å². The number of thioether (sulfide) groups is 1. The molecule has 1 aromatic heterocycles. The molecule has 2 saturated heterocycles. The van der Waals surface area contributed by atoms with Gasteiger partial charge in [-0.15, -0.1) is 0 Å². The molecule has 0 bridgehead atoms. The molecule has 0 N–H and O–H groups in total. The first-order valence-electron chi connectivity index (χ1n) is 11.3. The van der Waals surface area contributed by atoms with Crippen molar-refractivity contribution in [2.45, 2.75) is 19.4 Å². The van der Waals surface area contributed by atoms with E-state index in [-0.39, 0.29) is 23.2 Å². The van der Waals surface area contributed by atoms with Crippen molar-refractivity contribution >= 4 is 50.1 Å². The van der Waals surface area contributed by atoms with Gasteiger partial charge in [0.2, 0.25) is 0 Å². The first kappa shape index (κ1) is 24.7. The number of aromatic nitrogens is 2. The standard InChI is InChI=1S/C25H22FN3O4S3/c1-2-33-21-9-8-16(12-20(21)26)23-17(14-28(27-23)18-6-4-3-5-7-18)13-22-24(30)29(25(34)35-22)19-10-11-36(31,32)15-19/h3-9,12-14,19H,2,10-11,15H2,1H3/b22-13-/t19-/m0/s1. The van der Waals surface area contributed by atoms with Gasteiger partial charge >= 0.3 is 0 Å². The molecule has 3 heterocycles. The van der Waals surface area contributed by atoms with Crippen molar-refractivity contribution in [2.75, 3.05) is 18.1 Å². The molecular formula is C25H22FN3O4S3. The number of hydrogen-bond acceptors (Lipinski definition) is 7. The van der Waals surface area contributed by atoms with Crippen LogP contribution in [0.1, 0.15) is 18.9 Å². The summed E-state index contributed by atoms with van der Waals surface area (Å²) < 4.78 is 45.9. The van der Waals surface area contributed by atoms with Crippen LogP contribution in [0.5, 0.6) is 5.75 Å². The van der Waals surface area contributed by atoms with Crippen molar-refractivity contribution < 1.29 is 22.3 Å². The highest BCUT2D eigenvalue weighted by molar-refractivity contribution is 8.26. The number of hydrogen-bond donors (Lipinski definition) is 0. The predicted molar refractivity (Wildman–Crippen MR) is 142 cm³/mol. The SMILES string of the molecule is CCOc1ccc(-c2nn(-c3ccccc3)cc2/C=C2\SC(=S)N([C@H]3CCS(=O)(=O)C3)C2=O)cc1F. The van der Waals surface area contributed by atoms with Crippen LogP contribution in [-0.4, -0.2) is 57.5 Å². The van der Waals surface area contributed by atoms with Gasteiger partial charge in [-0.25, -0.2) is 17.5 Å². The largest absolute Gasteiger partial charge is 0.491 e. The van der Waals surface area contributed by atoms with E-state index in [1.54, 1.807) is 36.0 Å². The van der Waals surface area contributed by atoms with Crippen LogP contribution in [0.25, 0.3) is 23.0 Å². The molecule has 1 atom stereocenters. The van der Waals surface area contributed by atoms with Crippen LogP contribution >= 0.6 is 24.0 Å². The maximum atomic E-state index is 14.7. The molecule has 2 aliphatic heterocycles. The number of rotatable bonds is 6. The number of ether oxygens (including phenoxy) is 1. The van der Waals surface area contributed by atoms with E-state index >= 15 is 0 Å². The summed E-state index contributed by atoms with van der Waals surface area (Å²) >= 11 is 6.56. The number of carbonyl (C=O) groups is 1. The Labute approximate surface area is 217 Å². The summed E-state index contributed by atoms with van der Waals surface area (Å²) in [6, 6.07) is 13.6. The minimum atomic E-state index is -3.18. The zero-order chi connectivity index (χ0) is 25.4. The predicted octanol–water partition coefficient (Wildman–Crippen LogP) is 4.47. The average Bonchev–Trinajstić information content (AvgIpc) is 3.51. The molecule has 2 fully saturated rings. The quantitative estimate of drug-likeness (QED) is 0.335. The van der Waals surface area contributed by atoms with Crippen LogP contribution < -0.4 is 4.74 Å². The van der Waals surface area contributed by atoms with Gasteiger partial charge in [0.1, 0.15) is 10.0 Å². The third-order valence-corrected chi connectivity index (χ3v) is 9.03. The van der Waals surface area contributed by atoms with Gasteiger partial charge in [0, 0.05) is 17.3 Å². The van der Waals surface area contributed by atoms with Crippen LogP contribution in [0.4, 0.5) is 4.39 Å². The zero-order valence-corrected chi connectivity index (χ0v) is 21.7. The number of halogens is 1. The first-order chi connectivity index (χ1) is 17.3. The molecule has 186 valence electrons. The van der Waals surface area contributed by atoms with Crippen LogP contribution in [0, 0.1) is 5.82 Å². The molecule has 2 aliphatic rings. The van der Waals surface area contributed by atoms with Gasteiger partial charge in [-0.3, -0.25) is 9.69 Å². The number of nitrogens with zero attached hydrogens (tertiary/aromatic N) is 3. The lowest BCUT2D eigenvalue weighted by Crippen LogP contribution is -2.39. The maximum Gasteiger partial charge on any atom is 0.266 e. The van der Waals surface area contributed by atoms with E-state index in [1.807, 2.05) is 30.3 Å². The second-order valence-electron chi connectivity index (χ2n) is 8.40. The second-order valence-corrected chi connectivity index (χ2v) is 12.3. The Morgan fingerprint density at radius 1 is 1.25 bits per heavy atom. The van der Waals surface area contributed by atoms with E-state index in [0.29, 0.717) is 39.1 Å². The molecule has 36 heavy (non-hydrogen) atoms. The highest BCUT2D eigenvalue weighted by atomic mass is 32.2. The van der Waals surface area contributed by atoms with Gasteiger partial charge in [-0.2, -0.15) is 5.10 Å². The van der Waals surface area contributed by atoms with E-state index < -0.39 is 21.7 Å². The summed E-state index contributed by atoms with van der Waals surface area (Å²) in [4.78, 5) is 15.0. The van der Waals surface area contributed by atoms with E-state index in [2.05, 4.69) is 5.10 Å². The van der Waals surface area contributed by atoms with Gasteiger partial charge in [0.05, 0.1) is 34.7 Å². The van der Waals surface area contributed by atoms with Crippen LogP contribution in [0.15, 0.2) is 59.6 Å². The topological polar surface area (TPSA) is 81.5 Å². The summed E-state index contributed by atoms with van der Waals surface area (Å²) in [7, 11) is -3.18. The Balaban J connectivity index is 1.55. The molecule has 0 saturated carbocycles. The van der Waals surface area contributed by atoms with Crippen LogP contribution in [0.2, 0.25) is 0 Å². The molecule has 1 amide bonds. The molecule has 0 unspecified atom stereocenters. The third-order valence-electron chi connectivity index (χ3n) is 5.95. The van der Waals surface area contributed by atoms with Crippen LogP contribution in [0.3, 0.4) is 0 Å². The Bertz CT molecular complexity index is 1490. The molecule has 5 rings (SSSR count). The smallest absolute Gasteiger partial charge is 0.266 e. The highest BCUT2D eigenvalue weighted by Crippen LogP contribution is 2.38. The van der Waals surface area contributed by atoms with Crippen LogP contribution in [-0.2, 0) is 14.6 Å². The van der Waals surface area contributed by atoms with E-state index in [1.165, 1.54) is 11.0 Å². The Morgan fingerprint density at radius 3 is 2.69 bits per heavy atom. The molecule has 7 nitrogen and oxygen atoms in total. The molecular weight excluding hydrogens is 521 g/mol. The lowest BCUT2D eigenvalue weighted by Gasteiger charge is -2.20. The fourth-order valence-corrected chi connectivity index (χ4v) is 7.36. The molecule has 0 aliphatic carbocycles. The number of amides is 1. The number of benzene rings is 2. The fraction of sp³-hybridized carbons (Fsp3) is 0.240. The zero-order valence-electron chi connectivity index (χ0n) is 19.3. The van der Waals surface area contributed by atoms with Gasteiger partial charge in [-0.1, -0.05) is 42.2 Å². The van der Waals surface area contributed by atoms with E-state index in [4.69, 9.17) is 17.0 Å². The minimum Gasteiger partial charge on any atom is -0.491 e. The minimum absolute atomic E-state index is 0.0467. The summed E-state index contributed by atoms with van der Waals surface area (Å²) in [5, 5.41) is 4.69. The number of sulfone groups is 1. The number of para-hydroxylation sites is 1. The lowest BCUT2D eigenvalue weighted by molar-refractivity contribution is -0.123. The Morgan fingerprint density at radius 2 is 2.03 bits per heavy atom. The van der Waals surface area contributed by atoms with Gasteiger partial charge < -0.3 is 4.74 Å². The molecule has 11 heteroatoms. The second kappa shape index (κ2) is 9.79. The van der Waals surface area contributed by atoms with Gasteiger partial charge in [0.15, 0.2) is 21.4 Å². The van der Waals surface area contributed by atoms with Gasteiger partial charge in [-0.05, 0) is 49.8 Å². The Hall–Kier alpha value is -3.02. The fourth-order valence-electron chi connectivity index (χ4n) is 4.27. The number of thiocarbonyl (C=S) groups is 1. The molecule has 2 aromatic carbocycles. The van der Waals surface area contributed by atoms with E-state index in [0.717, 1.165) is 17.4 Å². The highest BCUT2D eigenvalue weighted by Gasteiger charge is 2.42. The summed E-state index contributed by atoms with van der Waals surface area (Å²) in [6.45, 7) is 2.12. The van der Waals surface area contributed by atoms with Crippen molar-refractivity contribution in [1.29, 1.82) is 0 Å². The summed E-state index contributed by atoms with van der Waals surface area (Å²) in [5.74, 6) is -0.732.